The van der Waals surface area contributed by atoms with Crippen molar-refractivity contribution in [3.63, 3.8) is 0 Å². The Morgan fingerprint density at radius 1 is 1.17 bits per heavy atom. The van der Waals surface area contributed by atoms with Crippen LogP contribution in [0.2, 0.25) is 5.02 Å². The first kappa shape index (κ1) is 19.5. The number of carbonyl (C=O) groups is 1. The molecule has 148 valence electrons. The molecule has 0 N–H and O–H groups in total. The molecule has 0 radical (unpaired) electrons. The topological polar surface area (TPSA) is 87.0 Å². The molecule has 29 heavy (non-hydrogen) atoms. The second-order valence-corrected chi connectivity index (χ2v) is 7.87. The third kappa shape index (κ3) is 3.99. The monoisotopic (exact) mass is 428 g/mol. The molecule has 4 aromatic rings. The Bertz CT molecular complexity index is 1190. The zero-order chi connectivity index (χ0) is 20.5. The second kappa shape index (κ2) is 7.88. The first-order valence-electron chi connectivity index (χ1n) is 8.80. The van der Waals surface area contributed by atoms with Gasteiger partial charge in [0.2, 0.25) is 5.89 Å². The van der Waals surface area contributed by atoms with Gasteiger partial charge in [0.1, 0.15) is 5.76 Å². The third-order valence-corrected chi connectivity index (χ3v) is 5.43. The number of hydrogen-bond acceptors (Lipinski definition) is 7. The predicted molar refractivity (Wildman–Crippen MR) is 110 cm³/mol. The molecule has 9 heteroatoms. The van der Waals surface area contributed by atoms with Crippen molar-refractivity contribution in [2.24, 2.45) is 0 Å². The average molecular weight is 429 g/mol. The lowest BCUT2D eigenvalue weighted by Crippen LogP contribution is -2.05. The summed E-state index contributed by atoms with van der Waals surface area (Å²) in [5, 5.41) is 13.0. The second-order valence-electron chi connectivity index (χ2n) is 6.51. The Kier molecular flexibility index (Phi) is 5.29. The van der Waals surface area contributed by atoms with Crippen LogP contribution in [0.3, 0.4) is 0 Å². The lowest BCUT2D eigenvalue weighted by atomic mass is 10.2. The lowest BCUT2D eigenvalue weighted by Gasteiger charge is -2.04. The summed E-state index contributed by atoms with van der Waals surface area (Å²) >= 11 is 7.20. The number of thioether (sulfide) groups is 1. The van der Waals surface area contributed by atoms with Crippen molar-refractivity contribution in [3.8, 4) is 17.3 Å². The van der Waals surface area contributed by atoms with E-state index in [2.05, 4.69) is 15.4 Å². The van der Waals surface area contributed by atoms with Crippen LogP contribution in [0.15, 0.2) is 50.6 Å². The van der Waals surface area contributed by atoms with Crippen molar-refractivity contribution in [1.29, 1.82) is 0 Å². The van der Waals surface area contributed by atoms with Gasteiger partial charge in [-0.1, -0.05) is 34.6 Å². The minimum absolute atomic E-state index is 0.0305. The molecule has 0 atom stereocenters. The summed E-state index contributed by atoms with van der Waals surface area (Å²) in [7, 11) is 0. The van der Waals surface area contributed by atoms with Crippen LogP contribution in [0.1, 0.15) is 27.5 Å². The summed E-state index contributed by atoms with van der Waals surface area (Å²) in [6, 6.07) is 10.8. The number of Topliss-reactive ketones (excluding diaryl/α,β-unsaturated/α-hetero) is 1. The van der Waals surface area contributed by atoms with Gasteiger partial charge in [0.25, 0.3) is 5.22 Å². The number of carbonyl (C=O) groups excluding carboxylic acids is 1. The first-order chi connectivity index (χ1) is 13.9. The van der Waals surface area contributed by atoms with Gasteiger partial charge >= 0.3 is 0 Å². The van der Waals surface area contributed by atoms with Gasteiger partial charge in [0.05, 0.1) is 5.75 Å². The van der Waals surface area contributed by atoms with Crippen molar-refractivity contribution in [3.05, 3.63) is 64.1 Å². The molecule has 0 aliphatic carbocycles. The number of aryl methyl sites for hydroxylation is 2. The van der Waals surface area contributed by atoms with E-state index in [1.165, 1.54) is 11.8 Å². The summed E-state index contributed by atoms with van der Waals surface area (Å²) in [6.07, 6.45) is 0. The van der Waals surface area contributed by atoms with E-state index in [0.717, 1.165) is 17.0 Å². The van der Waals surface area contributed by atoms with Gasteiger partial charge in [0, 0.05) is 33.6 Å². The SMILES string of the molecule is Cc1cc(-n2c(C)cc(C(=O)CSc3nnc(-c4cccc(Cl)c4)o3)c2C)no1. The number of halogens is 1. The van der Waals surface area contributed by atoms with E-state index in [9.17, 15) is 4.79 Å². The van der Waals surface area contributed by atoms with Gasteiger partial charge in [-0.3, -0.25) is 9.36 Å². The standard InChI is InChI=1S/C20H17ClN4O3S/c1-11-7-16(13(3)25(11)18-8-12(2)28-24-18)17(26)10-29-20-23-22-19(27-20)14-5-4-6-15(21)9-14/h4-9H,10H2,1-3H3. The summed E-state index contributed by atoms with van der Waals surface area (Å²) < 4.78 is 12.7. The van der Waals surface area contributed by atoms with E-state index in [-0.39, 0.29) is 11.5 Å². The molecular weight excluding hydrogens is 412 g/mol. The quantitative estimate of drug-likeness (QED) is 0.313. The van der Waals surface area contributed by atoms with E-state index < -0.39 is 0 Å². The molecule has 3 heterocycles. The van der Waals surface area contributed by atoms with Crippen molar-refractivity contribution in [2.45, 2.75) is 26.0 Å². The largest absolute Gasteiger partial charge is 0.411 e. The Labute approximate surface area is 176 Å². The molecule has 0 aliphatic rings. The van der Waals surface area contributed by atoms with Crippen molar-refractivity contribution in [2.75, 3.05) is 5.75 Å². The molecule has 7 nitrogen and oxygen atoms in total. The normalized spacial score (nSPS) is 11.2. The Morgan fingerprint density at radius 2 is 2.00 bits per heavy atom. The van der Waals surface area contributed by atoms with E-state index in [0.29, 0.717) is 33.3 Å². The molecule has 0 aliphatic heterocycles. The predicted octanol–water partition coefficient (Wildman–Crippen LogP) is 5.07. The van der Waals surface area contributed by atoms with Crippen molar-refractivity contribution in [1.82, 2.24) is 19.9 Å². The minimum Gasteiger partial charge on any atom is -0.411 e. The summed E-state index contributed by atoms with van der Waals surface area (Å²) in [5.41, 5.74) is 3.08. The maximum Gasteiger partial charge on any atom is 0.277 e. The molecule has 0 saturated heterocycles. The summed E-state index contributed by atoms with van der Waals surface area (Å²) in [5.74, 6) is 1.88. The fraction of sp³-hybridized carbons (Fsp3) is 0.200. The first-order valence-corrected chi connectivity index (χ1v) is 10.2. The van der Waals surface area contributed by atoms with Crippen molar-refractivity contribution >= 4 is 29.1 Å². The fourth-order valence-corrected chi connectivity index (χ4v) is 3.90. The highest BCUT2D eigenvalue weighted by molar-refractivity contribution is 7.99. The molecule has 0 bridgehead atoms. The Balaban J connectivity index is 1.48. The highest BCUT2D eigenvalue weighted by atomic mass is 35.5. The number of ketones is 1. The number of aromatic nitrogens is 4. The zero-order valence-electron chi connectivity index (χ0n) is 16.0. The third-order valence-electron chi connectivity index (χ3n) is 4.38. The molecular formula is C20H17ClN4O3S. The van der Waals surface area contributed by atoms with E-state index >= 15 is 0 Å². The average Bonchev–Trinajstić information content (AvgIpc) is 3.39. The maximum atomic E-state index is 12.8. The van der Waals surface area contributed by atoms with Gasteiger partial charge in [-0.05, 0) is 45.0 Å². The fourth-order valence-electron chi connectivity index (χ4n) is 3.07. The molecule has 0 unspecified atom stereocenters. The summed E-state index contributed by atoms with van der Waals surface area (Å²) in [6.45, 7) is 5.64. The van der Waals surface area contributed by atoms with Crippen LogP contribution in [-0.2, 0) is 0 Å². The molecule has 1 aromatic carbocycles. The van der Waals surface area contributed by atoms with E-state index in [4.69, 9.17) is 20.5 Å². The van der Waals surface area contributed by atoms with Gasteiger partial charge in [-0.25, -0.2) is 0 Å². The van der Waals surface area contributed by atoms with Crippen LogP contribution in [0.25, 0.3) is 17.3 Å². The number of nitrogens with zero attached hydrogens (tertiary/aromatic N) is 4. The Hall–Kier alpha value is -2.84. The highest BCUT2D eigenvalue weighted by Gasteiger charge is 2.19. The minimum atomic E-state index is -0.0305. The van der Waals surface area contributed by atoms with E-state index in [1.54, 1.807) is 12.1 Å². The van der Waals surface area contributed by atoms with Crippen LogP contribution < -0.4 is 0 Å². The smallest absolute Gasteiger partial charge is 0.277 e. The van der Waals surface area contributed by atoms with Crippen LogP contribution in [-0.4, -0.2) is 31.5 Å². The van der Waals surface area contributed by atoms with E-state index in [1.807, 2.05) is 49.6 Å². The molecule has 0 fully saturated rings. The van der Waals surface area contributed by atoms with Crippen LogP contribution in [0, 0.1) is 20.8 Å². The van der Waals surface area contributed by atoms with Crippen LogP contribution in [0.4, 0.5) is 0 Å². The number of rotatable bonds is 6. The lowest BCUT2D eigenvalue weighted by molar-refractivity contribution is 0.102. The highest BCUT2D eigenvalue weighted by Crippen LogP contribution is 2.27. The number of hydrogen-bond donors (Lipinski definition) is 0. The molecule has 4 rings (SSSR count). The van der Waals surface area contributed by atoms with Crippen molar-refractivity contribution < 1.29 is 13.7 Å². The van der Waals surface area contributed by atoms with Gasteiger partial charge in [-0.2, -0.15) is 0 Å². The Morgan fingerprint density at radius 3 is 2.72 bits per heavy atom. The van der Waals surface area contributed by atoms with Gasteiger partial charge in [-0.15, -0.1) is 10.2 Å². The molecule has 0 amide bonds. The van der Waals surface area contributed by atoms with Gasteiger partial charge < -0.3 is 8.94 Å². The molecule has 0 saturated carbocycles. The van der Waals surface area contributed by atoms with Gasteiger partial charge in [0.15, 0.2) is 11.6 Å². The molecule has 0 spiro atoms. The van der Waals surface area contributed by atoms with Crippen LogP contribution >= 0.6 is 23.4 Å². The maximum absolute atomic E-state index is 12.8. The zero-order valence-corrected chi connectivity index (χ0v) is 17.5. The van der Waals surface area contributed by atoms with Crippen LogP contribution in [0.5, 0.6) is 0 Å². The number of benzene rings is 1. The summed E-state index contributed by atoms with van der Waals surface area (Å²) in [4.78, 5) is 12.8. The molecule has 3 aromatic heterocycles.